The summed E-state index contributed by atoms with van der Waals surface area (Å²) in [5, 5.41) is 10.5. The number of rotatable bonds is 3. The second-order valence-electron chi connectivity index (χ2n) is 4.36. The molecule has 2 aromatic carbocycles. The molecular formula is C15H11ClO4. The van der Waals surface area contributed by atoms with E-state index in [0.717, 1.165) is 0 Å². The van der Waals surface area contributed by atoms with Crippen LogP contribution in [-0.2, 0) is 0 Å². The average molecular weight is 291 g/mol. The van der Waals surface area contributed by atoms with Crippen molar-refractivity contribution in [2.75, 3.05) is 6.79 Å². The number of hydrogen-bond acceptors (Lipinski definition) is 4. The Kier molecular flexibility index (Phi) is 3.34. The van der Waals surface area contributed by atoms with Gasteiger partial charge in [0.15, 0.2) is 17.3 Å². The molecule has 1 N–H and O–H groups in total. The Morgan fingerprint density at radius 1 is 1.15 bits per heavy atom. The standard InChI is InChI=1S/C15H11ClO4/c16-11-4-2-1-3-10(11)15(18)14(17)9-5-6-12-13(7-9)20-8-19-12/h1-7,15,18H,8H2. The molecule has 2 aromatic rings. The van der Waals surface area contributed by atoms with Gasteiger partial charge in [0.2, 0.25) is 6.79 Å². The van der Waals surface area contributed by atoms with Gasteiger partial charge in [0.25, 0.3) is 0 Å². The van der Waals surface area contributed by atoms with Crippen LogP contribution in [0.2, 0.25) is 5.02 Å². The minimum atomic E-state index is -1.30. The van der Waals surface area contributed by atoms with E-state index in [1.165, 1.54) is 0 Å². The Morgan fingerprint density at radius 3 is 2.70 bits per heavy atom. The minimum Gasteiger partial charge on any atom is -0.454 e. The van der Waals surface area contributed by atoms with Crippen molar-refractivity contribution in [3.05, 3.63) is 58.6 Å². The normalized spacial score (nSPS) is 14.1. The summed E-state index contributed by atoms with van der Waals surface area (Å²) in [5.41, 5.74) is 0.735. The van der Waals surface area contributed by atoms with Gasteiger partial charge in [0.1, 0.15) is 6.10 Å². The van der Waals surface area contributed by atoms with Gasteiger partial charge < -0.3 is 14.6 Å². The highest BCUT2D eigenvalue weighted by atomic mass is 35.5. The van der Waals surface area contributed by atoms with E-state index in [-0.39, 0.29) is 6.79 Å². The highest BCUT2D eigenvalue weighted by molar-refractivity contribution is 6.31. The van der Waals surface area contributed by atoms with Crippen LogP contribution in [0.15, 0.2) is 42.5 Å². The maximum Gasteiger partial charge on any atom is 0.231 e. The minimum absolute atomic E-state index is 0.139. The van der Waals surface area contributed by atoms with Crippen LogP contribution < -0.4 is 9.47 Å². The number of ketones is 1. The topological polar surface area (TPSA) is 55.8 Å². The quantitative estimate of drug-likeness (QED) is 0.883. The molecule has 1 aliphatic heterocycles. The Bertz CT molecular complexity index is 669. The third-order valence-corrected chi connectivity index (χ3v) is 3.45. The van der Waals surface area contributed by atoms with Gasteiger partial charge in [-0.2, -0.15) is 0 Å². The van der Waals surface area contributed by atoms with E-state index in [0.29, 0.717) is 27.6 Å². The number of halogens is 1. The summed E-state index contributed by atoms with van der Waals surface area (Å²) < 4.78 is 10.4. The van der Waals surface area contributed by atoms with Crippen LogP contribution in [0.3, 0.4) is 0 Å². The molecule has 0 radical (unpaired) electrons. The number of carbonyl (C=O) groups excluding carboxylic acids is 1. The van der Waals surface area contributed by atoms with E-state index in [1.54, 1.807) is 42.5 Å². The molecule has 1 heterocycles. The van der Waals surface area contributed by atoms with Crippen LogP contribution in [0.25, 0.3) is 0 Å². The Balaban J connectivity index is 1.91. The number of hydrogen-bond donors (Lipinski definition) is 1. The molecule has 1 atom stereocenters. The van der Waals surface area contributed by atoms with Crippen molar-refractivity contribution in [2.45, 2.75) is 6.10 Å². The fourth-order valence-corrected chi connectivity index (χ4v) is 2.28. The van der Waals surface area contributed by atoms with Crippen LogP contribution in [-0.4, -0.2) is 17.7 Å². The summed E-state index contributed by atoms with van der Waals surface area (Å²) >= 11 is 5.99. The van der Waals surface area contributed by atoms with Crippen molar-refractivity contribution in [3.63, 3.8) is 0 Å². The molecule has 0 saturated heterocycles. The molecule has 0 bridgehead atoms. The van der Waals surface area contributed by atoms with Crippen molar-refractivity contribution in [1.29, 1.82) is 0 Å². The first-order valence-electron chi connectivity index (χ1n) is 6.03. The third-order valence-electron chi connectivity index (χ3n) is 3.11. The summed E-state index contributed by atoms with van der Waals surface area (Å²) in [6.07, 6.45) is -1.30. The molecular weight excluding hydrogens is 280 g/mol. The zero-order valence-electron chi connectivity index (χ0n) is 10.4. The molecule has 4 nitrogen and oxygen atoms in total. The first-order chi connectivity index (χ1) is 9.66. The van der Waals surface area contributed by atoms with Crippen molar-refractivity contribution in [1.82, 2.24) is 0 Å². The molecule has 1 unspecified atom stereocenters. The number of fused-ring (bicyclic) bond motifs is 1. The second-order valence-corrected chi connectivity index (χ2v) is 4.76. The van der Waals surface area contributed by atoms with Gasteiger partial charge in [-0.1, -0.05) is 29.8 Å². The maximum atomic E-state index is 12.3. The smallest absolute Gasteiger partial charge is 0.231 e. The van der Waals surface area contributed by atoms with E-state index < -0.39 is 11.9 Å². The van der Waals surface area contributed by atoms with Gasteiger partial charge in [-0.05, 0) is 24.3 Å². The lowest BCUT2D eigenvalue weighted by Crippen LogP contribution is -2.12. The van der Waals surface area contributed by atoms with Gasteiger partial charge in [0.05, 0.1) is 0 Å². The van der Waals surface area contributed by atoms with Gasteiger partial charge in [0, 0.05) is 16.1 Å². The van der Waals surface area contributed by atoms with E-state index in [9.17, 15) is 9.90 Å². The molecule has 102 valence electrons. The van der Waals surface area contributed by atoms with Crippen molar-refractivity contribution in [3.8, 4) is 11.5 Å². The van der Waals surface area contributed by atoms with Gasteiger partial charge in [-0.3, -0.25) is 4.79 Å². The third kappa shape index (κ3) is 2.24. The maximum absolute atomic E-state index is 12.3. The van der Waals surface area contributed by atoms with Crippen LogP contribution in [0, 0.1) is 0 Å². The van der Waals surface area contributed by atoms with Gasteiger partial charge >= 0.3 is 0 Å². The lowest BCUT2D eigenvalue weighted by atomic mass is 9.99. The Labute approximate surface area is 120 Å². The number of ether oxygens (including phenoxy) is 2. The first kappa shape index (κ1) is 13.0. The van der Waals surface area contributed by atoms with Crippen LogP contribution in [0.5, 0.6) is 11.5 Å². The predicted octanol–water partition coefficient (Wildman–Crippen LogP) is 2.99. The largest absolute Gasteiger partial charge is 0.454 e. The van der Waals surface area contributed by atoms with Crippen molar-refractivity contribution in [2.24, 2.45) is 0 Å². The highest BCUT2D eigenvalue weighted by Crippen LogP contribution is 2.34. The van der Waals surface area contributed by atoms with Gasteiger partial charge in [-0.15, -0.1) is 0 Å². The molecule has 0 saturated carbocycles. The van der Waals surface area contributed by atoms with Crippen LogP contribution in [0.1, 0.15) is 22.0 Å². The number of aliphatic hydroxyl groups is 1. The summed E-state index contributed by atoms with van der Waals surface area (Å²) in [5.74, 6) is 0.660. The van der Waals surface area contributed by atoms with Crippen molar-refractivity contribution >= 4 is 17.4 Å². The van der Waals surface area contributed by atoms with Crippen molar-refractivity contribution < 1.29 is 19.4 Å². The number of aliphatic hydroxyl groups excluding tert-OH is 1. The summed E-state index contributed by atoms with van der Waals surface area (Å²) in [7, 11) is 0. The molecule has 0 aromatic heterocycles. The van der Waals surface area contributed by atoms with E-state index in [1.807, 2.05) is 0 Å². The zero-order chi connectivity index (χ0) is 14.1. The fraction of sp³-hybridized carbons (Fsp3) is 0.133. The van der Waals surface area contributed by atoms with E-state index in [4.69, 9.17) is 21.1 Å². The van der Waals surface area contributed by atoms with Gasteiger partial charge in [-0.25, -0.2) is 0 Å². The lowest BCUT2D eigenvalue weighted by molar-refractivity contribution is 0.0747. The lowest BCUT2D eigenvalue weighted by Gasteiger charge is -2.12. The molecule has 0 fully saturated rings. The second kappa shape index (κ2) is 5.15. The number of Topliss-reactive ketones (excluding diaryl/α,β-unsaturated/α-hetero) is 1. The molecule has 0 aliphatic carbocycles. The number of carbonyl (C=O) groups is 1. The Morgan fingerprint density at radius 2 is 1.90 bits per heavy atom. The monoisotopic (exact) mass is 290 g/mol. The first-order valence-corrected chi connectivity index (χ1v) is 6.41. The van der Waals surface area contributed by atoms with E-state index in [2.05, 4.69) is 0 Å². The Hall–Kier alpha value is -2.04. The summed E-state index contributed by atoms with van der Waals surface area (Å²) in [6.45, 7) is 0.139. The number of benzene rings is 2. The van der Waals surface area contributed by atoms with Crippen LogP contribution in [0.4, 0.5) is 0 Å². The van der Waals surface area contributed by atoms with Crippen LogP contribution >= 0.6 is 11.6 Å². The summed E-state index contributed by atoms with van der Waals surface area (Å²) in [4.78, 5) is 12.3. The SMILES string of the molecule is O=C(c1ccc2c(c1)OCO2)C(O)c1ccccc1Cl. The van der Waals surface area contributed by atoms with E-state index >= 15 is 0 Å². The molecule has 3 rings (SSSR count). The molecule has 0 spiro atoms. The molecule has 20 heavy (non-hydrogen) atoms. The highest BCUT2D eigenvalue weighted by Gasteiger charge is 2.23. The zero-order valence-corrected chi connectivity index (χ0v) is 11.1. The molecule has 5 heteroatoms. The molecule has 0 amide bonds. The average Bonchev–Trinajstić information content (AvgIpc) is 2.93. The summed E-state index contributed by atoms with van der Waals surface area (Å²) in [6, 6.07) is 11.5. The predicted molar refractivity (Wildman–Crippen MR) is 73.3 cm³/mol. The molecule has 1 aliphatic rings. The fourth-order valence-electron chi connectivity index (χ4n) is 2.05.